The smallest absolute Gasteiger partial charge is 0.254 e. The highest BCUT2D eigenvalue weighted by atomic mass is 16.5. The summed E-state index contributed by atoms with van der Waals surface area (Å²) in [7, 11) is 1.75. The third-order valence-corrected chi connectivity index (χ3v) is 4.70. The Labute approximate surface area is 151 Å². The maximum Gasteiger partial charge on any atom is 0.254 e. The van der Waals surface area contributed by atoms with Crippen LogP contribution in [0.15, 0.2) is 47.2 Å². The second-order valence-electron chi connectivity index (χ2n) is 6.61. The van der Waals surface area contributed by atoms with E-state index in [1.807, 2.05) is 24.3 Å². The summed E-state index contributed by atoms with van der Waals surface area (Å²) in [5.74, 6) is 0.833. The molecule has 1 aliphatic rings. The lowest BCUT2D eigenvalue weighted by Gasteiger charge is -2.19. The number of carbonyl (C=O) groups is 1. The van der Waals surface area contributed by atoms with E-state index in [4.69, 9.17) is 4.52 Å². The number of fused-ring (bicyclic) bond motifs is 1. The number of benzene rings is 1. The summed E-state index contributed by atoms with van der Waals surface area (Å²) >= 11 is 0. The fourth-order valence-corrected chi connectivity index (χ4v) is 3.29. The van der Waals surface area contributed by atoms with Crippen molar-refractivity contribution < 1.29 is 9.32 Å². The van der Waals surface area contributed by atoms with Gasteiger partial charge in [-0.2, -0.15) is 4.98 Å². The van der Waals surface area contributed by atoms with Gasteiger partial charge in [-0.15, -0.1) is 0 Å². The average molecular weight is 348 g/mol. The lowest BCUT2D eigenvalue weighted by atomic mass is 9.90. The van der Waals surface area contributed by atoms with Gasteiger partial charge in [0.05, 0.1) is 6.54 Å². The van der Waals surface area contributed by atoms with E-state index in [-0.39, 0.29) is 12.5 Å². The molecule has 0 unspecified atom stereocenters. The van der Waals surface area contributed by atoms with Crippen molar-refractivity contribution in [2.24, 2.45) is 0 Å². The molecule has 132 valence electrons. The van der Waals surface area contributed by atoms with Crippen LogP contribution >= 0.6 is 0 Å². The highest BCUT2D eigenvalue weighted by Gasteiger charge is 2.18. The highest BCUT2D eigenvalue weighted by molar-refractivity contribution is 5.94. The van der Waals surface area contributed by atoms with Gasteiger partial charge in [0.2, 0.25) is 11.7 Å². The van der Waals surface area contributed by atoms with Crippen LogP contribution in [0.5, 0.6) is 0 Å². The van der Waals surface area contributed by atoms with Crippen LogP contribution in [-0.2, 0) is 19.4 Å². The van der Waals surface area contributed by atoms with E-state index in [1.165, 1.54) is 24.0 Å². The summed E-state index contributed by atoms with van der Waals surface area (Å²) in [6.45, 7) is 0.267. The van der Waals surface area contributed by atoms with Crippen molar-refractivity contribution in [2.75, 3.05) is 7.05 Å². The molecule has 0 spiro atoms. The van der Waals surface area contributed by atoms with E-state index in [0.717, 1.165) is 18.4 Å². The topological polar surface area (TPSA) is 72.1 Å². The van der Waals surface area contributed by atoms with Crippen LogP contribution in [0.3, 0.4) is 0 Å². The van der Waals surface area contributed by atoms with E-state index >= 15 is 0 Å². The van der Waals surface area contributed by atoms with Gasteiger partial charge in [0.25, 0.3) is 5.91 Å². The lowest BCUT2D eigenvalue weighted by Crippen LogP contribution is -2.26. The van der Waals surface area contributed by atoms with E-state index in [2.05, 4.69) is 21.2 Å². The molecule has 3 aromatic rings. The molecule has 0 bridgehead atoms. The SMILES string of the molecule is CN(Cc1nc(-c2cccnc2)no1)C(=O)c1ccc2c(c1)CCCC2. The van der Waals surface area contributed by atoms with Crippen LogP contribution in [0.1, 0.15) is 40.2 Å². The third kappa shape index (κ3) is 3.35. The Morgan fingerprint density at radius 3 is 2.85 bits per heavy atom. The number of aryl methyl sites for hydroxylation is 2. The Kier molecular flexibility index (Phi) is 4.48. The van der Waals surface area contributed by atoms with Crippen LogP contribution in [-0.4, -0.2) is 33.0 Å². The second-order valence-corrected chi connectivity index (χ2v) is 6.61. The summed E-state index contributed by atoms with van der Waals surface area (Å²) in [4.78, 5) is 22.7. The zero-order valence-corrected chi connectivity index (χ0v) is 14.7. The van der Waals surface area contributed by atoms with Gasteiger partial charge >= 0.3 is 0 Å². The Morgan fingerprint density at radius 2 is 2.04 bits per heavy atom. The van der Waals surface area contributed by atoms with Gasteiger partial charge in [-0.1, -0.05) is 11.2 Å². The van der Waals surface area contributed by atoms with Crippen LogP contribution in [0.2, 0.25) is 0 Å². The molecule has 4 rings (SSSR count). The van der Waals surface area contributed by atoms with Gasteiger partial charge in [-0.3, -0.25) is 9.78 Å². The zero-order valence-electron chi connectivity index (χ0n) is 14.7. The van der Waals surface area contributed by atoms with Gasteiger partial charge < -0.3 is 9.42 Å². The molecule has 0 saturated heterocycles. The van der Waals surface area contributed by atoms with E-state index in [0.29, 0.717) is 17.3 Å². The van der Waals surface area contributed by atoms with Crippen molar-refractivity contribution >= 4 is 5.91 Å². The first-order valence-corrected chi connectivity index (χ1v) is 8.81. The van der Waals surface area contributed by atoms with Crippen molar-refractivity contribution in [3.8, 4) is 11.4 Å². The molecule has 0 aliphatic heterocycles. The third-order valence-electron chi connectivity index (χ3n) is 4.70. The Hall–Kier alpha value is -3.02. The zero-order chi connectivity index (χ0) is 17.9. The number of amides is 1. The fraction of sp³-hybridized carbons (Fsp3) is 0.300. The first-order chi connectivity index (χ1) is 12.7. The number of rotatable bonds is 4. The van der Waals surface area contributed by atoms with Crippen LogP contribution in [0, 0.1) is 0 Å². The maximum atomic E-state index is 12.7. The molecule has 0 N–H and O–H groups in total. The Balaban J connectivity index is 1.47. The van der Waals surface area contributed by atoms with Crippen molar-refractivity contribution in [1.29, 1.82) is 0 Å². The minimum absolute atomic E-state index is 0.0421. The van der Waals surface area contributed by atoms with Crippen molar-refractivity contribution in [2.45, 2.75) is 32.2 Å². The van der Waals surface area contributed by atoms with Crippen LogP contribution < -0.4 is 0 Å². The fourth-order valence-electron chi connectivity index (χ4n) is 3.29. The number of hydrogen-bond acceptors (Lipinski definition) is 5. The van der Waals surface area contributed by atoms with Gasteiger partial charge in [0.15, 0.2) is 0 Å². The summed E-state index contributed by atoms with van der Waals surface area (Å²) in [5.41, 5.74) is 4.16. The molecule has 0 saturated carbocycles. The van der Waals surface area contributed by atoms with Crippen molar-refractivity contribution in [3.63, 3.8) is 0 Å². The molecule has 1 amide bonds. The molecule has 26 heavy (non-hydrogen) atoms. The lowest BCUT2D eigenvalue weighted by molar-refractivity contribution is 0.0769. The van der Waals surface area contributed by atoms with E-state index in [1.54, 1.807) is 24.3 Å². The monoisotopic (exact) mass is 348 g/mol. The normalized spacial score (nSPS) is 13.3. The molecular formula is C20H20N4O2. The minimum Gasteiger partial charge on any atom is -0.337 e. The molecule has 1 aromatic carbocycles. The summed E-state index contributed by atoms with van der Waals surface area (Å²) in [6, 6.07) is 9.71. The molecular weight excluding hydrogens is 328 g/mol. The number of nitrogens with zero attached hydrogens (tertiary/aromatic N) is 4. The van der Waals surface area contributed by atoms with Gasteiger partial charge in [-0.25, -0.2) is 0 Å². The summed E-state index contributed by atoms with van der Waals surface area (Å²) in [5, 5.41) is 3.97. The highest BCUT2D eigenvalue weighted by Crippen LogP contribution is 2.23. The van der Waals surface area contributed by atoms with Crippen molar-refractivity contribution in [1.82, 2.24) is 20.0 Å². The summed E-state index contributed by atoms with van der Waals surface area (Å²) < 4.78 is 5.28. The predicted molar refractivity (Wildman–Crippen MR) is 96.4 cm³/mol. The van der Waals surface area contributed by atoms with Gasteiger partial charge in [0.1, 0.15) is 0 Å². The largest absolute Gasteiger partial charge is 0.337 e. The Bertz CT molecular complexity index is 921. The molecule has 0 fully saturated rings. The summed E-state index contributed by atoms with van der Waals surface area (Å²) in [6.07, 6.45) is 7.96. The quantitative estimate of drug-likeness (QED) is 0.723. The van der Waals surface area contributed by atoms with Crippen molar-refractivity contribution in [3.05, 3.63) is 65.3 Å². The second kappa shape index (κ2) is 7.07. The molecule has 0 atom stereocenters. The van der Waals surface area contributed by atoms with Gasteiger partial charge in [0, 0.05) is 30.6 Å². The van der Waals surface area contributed by atoms with E-state index < -0.39 is 0 Å². The minimum atomic E-state index is -0.0421. The first-order valence-electron chi connectivity index (χ1n) is 8.81. The maximum absolute atomic E-state index is 12.7. The number of aromatic nitrogens is 3. The number of hydrogen-bond donors (Lipinski definition) is 0. The Morgan fingerprint density at radius 1 is 1.19 bits per heavy atom. The number of carbonyl (C=O) groups excluding carboxylic acids is 1. The molecule has 6 heteroatoms. The average Bonchev–Trinajstić information content (AvgIpc) is 3.16. The molecule has 0 radical (unpaired) electrons. The standard InChI is InChI=1S/C20H20N4O2/c1-24(13-18-22-19(23-26-18)17-7-4-10-21-12-17)20(25)16-9-8-14-5-2-3-6-15(14)11-16/h4,7-12H,2-3,5-6,13H2,1H3. The van der Waals surface area contributed by atoms with Gasteiger partial charge in [-0.05, 0) is 61.1 Å². The molecule has 2 heterocycles. The van der Waals surface area contributed by atoms with Crippen LogP contribution in [0.25, 0.3) is 11.4 Å². The van der Waals surface area contributed by atoms with Crippen LogP contribution in [0.4, 0.5) is 0 Å². The number of pyridine rings is 1. The molecule has 2 aromatic heterocycles. The molecule has 1 aliphatic carbocycles. The van der Waals surface area contributed by atoms with E-state index in [9.17, 15) is 4.79 Å². The predicted octanol–water partition coefficient (Wildman–Crippen LogP) is 3.28. The first kappa shape index (κ1) is 16.4. The molecule has 6 nitrogen and oxygen atoms in total.